The number of hydrogen-bond acceptors (Lipinski definition) is 7. The van der Waals surface area contributed by atoms with Gasteiger partial charge >= 0.3 is 0 Å². The van der Waals surface area contributed by atoms with E-state index in [9.17, 15) is 4.79 Å². The Bertz CT molecular complexity index is 1270. The molecule has 0 saturated carbocycles. The van der Waals surface area contributed by atoms with E-state index in [-0.39, 0.29) is 11.8 Å². The summed E-state index contributed by atoms with van der Waals surface area (Å²) in [5.41, 5.74) is 3.21. The third-order valence-electron chi connectivity index (χ3n) is 6.33. The molecular formula is C25H27N7O2. The van der Waals surface area contributed by atoms with Crippen molar-refractivity contribution in [1.29, 1.82) is 0 Å². The van der Waals surface area contributed by atoms with Crippen LogP contribution in [0.5, 0.6) is 5.75 Å². The van der Waals surface area contributed by atoms with Crippen LogP contribution in [0.3, 0.4) is 0 Å². The molecule has 0 spiro atoms. The van der Waals surface area contributed by atoms with Crippen LogP contribution in [-0.4, -0.2) is 69.1 Å². The first-order valence-electron chi connectivity index (χ1n) is 11.5. The van der Waals surface area contributed by atoms with E-state index in [4.69, 9.17) is 4.74 Å². The molecule has 1 atom stereocenters. The first-order chi connectivity index (χ1) is 16.7. The van der Waals surface area contributed by atoms with Crippen molar-refractivity contribution in [1.82, 2.24) is 29.9 Å². The van der Waals surface area contributed by atoms with Crippen LogP contribution in [-0.2, 0) is 4.79 Å². The van der Waals surface area contributed by atoms with Gasteiger partial charge in [-0.3, -0.25) is 4.79 Å². The van der Waals surface area contributed by atoms with Gasteiger partial charge in [0.25, 0.3) is 0 Å². The Morgan fingerprint density at radius 1 is 1.00 bits per heavy atom. The summed E-state index contributed by atoms with van der Waals surface area (Å²) in [5.74, 6) is 1.59. The predicted octanol–water partition coefficient (Wildman–Crippen LogP) is 3.06. The summed E-state index contributed by atoms with van der Waals surface area (Å²) in [6, 6.07) is 17.6. The molecule has 174 valence electrons. The van der Waals surface area contributed by atoms with Gasteiger partial charge < -0.3 is 14.5 Å². The lowest BCUT2D eigenvalue weighted by atomic mass is 9.95. The maximum atomic E-state index is 13.2. The van der Waals surface area contributed by atoms with E-state index in [0.29, 0.717) is 37.3 Å². The van der Waals surface area contributed by atoms with Crippen molar-refractivity contribution in [2.45, 2.75) is 19.3 Å². The molecule has 9 heteroatoms. The van der Waals surface area contributed by atoms with E-state index in [1.54, 1.807) is 18.1 Å². The number of hydrogen-bond donors (Lipinski definition) is 0. The largest absolute Gasteiger partial charge is 0.497 e. The lowest BCUT2D eigenvalue weighted by Crippen LogP contribution is -2.50. The van der Waals surface area contributed by atoms with E-state index in [1.807, 2.05) is 59.5 Å². The number of amides is 1. The Morgan fingerprint density at radius 2 is 1.74 bits per heavy atom. The first-order valence-corrected chi connectivity index (χ1v) is 11.5. The highest BCUT2D eigenvalue weighted by Gasteiger charge is 2.29. The maximum absolute atomic E-state index is 13.2. The van der Waals surface area contributed by atoms with E-state index in [1.165, 1.54) is 0 Å². The van der Waals surface area contributed by atoms with Crippen LogP contribution < -0.4 is 9.64 Å². The number of benzene rings is 2. The molecule has 0 aliphatic carbocycles. The second kappa shape index (κ2) is 9.46. The Hall–Kier alpha value is -4.01. The zero-order valence-electron chi connectivity index (χ0n) is 19.3. The van der Waals surface area contributed by atoms with Crippen molar-refractivity contribution in [2.24, 2.45) is 0 Å². The minimum absolute atomic E-state index is 0.108. The minimum atomic E-state index is -0.108. The molecule has 0 bridgehead atoms. The molecule has 2 aromatic carbocycles. The van der Waals surface area contributed by atoms with Gasteiger partial charge in [-0.1, -0.05) is 42.5 Å². The fourth-order valence-corrected chi connectivity index (χ4v) is 4.46. The van der Waals surface area contributed by atoms with E-state index < -0.39 is 0 Å². The average Bonchev–Trinajstić information content (AvgIpc) is 3.34. The van der Waals surface area contributed by atoms with E-state index >= 15 is 0 Å². The van der Waals surface area contributed by atoms with Crippen LogP contribution in [0.15, 0.2) is 60.9 Å². The second-order valence-electron chi connectivity index (χ2n) is 8.25. The van der Waals surface area contributed by atoms with Gasteiger partial charge in [0.1, 0.15) is 12.1 Å². The number of anilines is 1. The number of carbonyl (C=O) groups is 1. The van der Waals surface area contributed by atoms with Crippen LogP contribution in [0.1, 0.15) is 24.8 Å². The SMILES string of the molecule is CC[C@@H](C(=O)N1CCN(c2ncnc3c2nnn3-c2ccc(OC)cc2)CC1)c1ccccc1. The molecule has 1 fully saturated rings. The topological polar surface area (TPSA) is 89.3 Å². The lowest BCUT2D eigenvalue weighted by Gasteiger charge is -2.37. The number of rotatable bonds is 6. The Morgan fingerprint density at radius 3 is 2.41 bits per heavy atom. The Balaban J connectivity index is 1.33. The summed E-state index contributed by atoms with van der Waals surface area (Å²) in [5, 5.41) is 8.70. The van der Waals surface area contributed by atoms with Crippen molar-refractivity contribution in [3.8, 4) is 11.4 Å². The molecule has 34 heavy (non-hydrogen) atoms. The molecule has 0 N–H and O–H groups in total. The van der Waals surface area contributed by atoms with Crippen molar-refractivity contribution in [2.75, 3.05) is 38.2 Å². The van der Waals surface area contributed by atoms with Crippen molar-refractivity contribution >= 4 is 22.9 Å². The monoisotopic (exact) mass is 457 g/mol. The van der Waals surface area contributed by atoms with Crippen molar-refractivity contribution < 1.29 is 9.53 Å². The molecule has 1 aliphatic heterocycles. The quantitative estimate of drug-likeness (QED) is 0.440. The smallest absolute Gasteiger partial charge is 0.230 e. The van der Waals surface area contributed by atoms with Crippen LogP contribution in [0, 0.1) is 0 Å². The maximum Gasteiger partial charge on any atom is 0.230 e. The minimum Gasteiger partial charge on any atom is -0.497 e. The highest BCUT2D eigenvalue weighted by molar-refractivity contribution is 5.85. The molecule has 5 rings (SSSR count). The summed E-state index contributed by atoms with van der Waals surface area (Å²) < 4.78 is 6.94. The zero-order valence-corrected chi connectivity index (χ0v) is 19.3. The summed E-state index contributed by atoms with van der Waals surface area (Å²) >= 11 is 0. The van der Waals surface area contributed by atoms with Gasteiger partial charge in [0, 0.05) is 26.2 Å². The van der Waals surface area contributed by atoms with Crippen molar-refractivity contribution in [3.05, 3.63) is 66.5 Å². The molecular weight excluding hydrogens is 430 g/mol. The molecule has 1 saturated heterocycles. The van der Waals surface area contributed by atoms with Gasteiger partial charge in [-0.15, -0.1) is 5.10 Å². The number of carbonyl (C=O) groups excluding carboxylic acids is 1. The predicted molar refractivity (Wildman–Crippen MR) is 129 cm³/mol. The summed E-state index contributed by atoms with van der Waals surface area (Å²) in [6.07, 6.45) is 2.32. The summed E-state index contributed by atoms with van der Waals surface area (Å²) in [4.78, 5) is 26.3. The standard InChI is InChI=1S/C25H27N7O2/c1-3-21(18-7-5-4-6-8-18)25(33)31-15-13-30(14-16-31)23-22-24(27-17-26-23)32(29-28-22)19-9-11-20(34-2)12-10-19/h4-12,17,21H,3,13-16H2,1-2H3/t21-/m1/s1. The number of nitrogens with zero attached hydrogens (tertiary/aromatic N) is 7. The molecule has 2 aromatic heterocycles. The fraction of sp³-hybridized carbons (Fsp3) is 0.320. The molecule has 9 nitrogen and oxygen atoms in total. The van der Waals surface area contributed by atoms with Crippen LogP contribution >= 0.6 is 0 Å². The van der Waals surface area contributed by atoms with Gasteiger partial charge in [-0.25, -0.2) is 9.97 Å². The molecule has 0 radical (unpaired) electrons. The highest BCUT2D eigenvalue weighted by atomic mass is 16.5. The number of piperazine rings is 1. The second-order valence-corrected chi connectivity index (χ2v) is 8.25. The van der Waals surface area contributed by atoms with Gasteiger partial charge in [0.05, 0.1) is 18.7 Å². The van der Waals surface area contributed by atoms with Gasteiger partial charge in [0.15, 0.2) is 17.0 Å². The lowest BCUT2D eigenvalue weighted by molar-refractivity contribution is -0.133. The first kappa shape index (κ1) is 21.8. The van der Waals surface area contributed by atoms with Crippen LogP contribution in [0.4, 0.5) is 5.82 Å². The number of aromatic nitrogens is 5. The normalized spacial score (nSPS) is 14.9. The molecule has 0 unspecified atom stereocenters. The highest BCUT2D eigenvalue weighted by Crippen LogP contribution is 2.26. The van der Waals surface area contributed by atoms with E-state index in [2.05, 4.69) is 32.1 Å². The molecule has 1 amide bonds. The van der Waals surface area contributed by atoms with E-state index in [0.717, 1.165) is 29.2 Å². The van der Waals surface area contributed by atoms with Crippen LogP contribution in [0.2, 0.25) is 0 Å². The van der Waals surface area contributed by atoms with Gasteiger partial charge in [-0.2, -0.15) is 4.68 Å². The molecule has 1 aliphatic rings. The average molecular weight is 458 g/mol. The van der Waals surface area contributed by atoms with Crippen LogP contribution in [0.25, 0.3) is 16.9 Å². The summed E-state index contributed by atoms with van der Waals surface area (Å²) in [6.45, 7) is 4.70. The third-order valence-corrected chi connectivity index (χ3v) is 6.33. The molecule has 4 aromatic rings. The third kappa shape index (κ3) is 4.05. The van der Waals surface area contributed by atoms with Gasteiger partial charge in [0.2, 0.25) is 5.91 Å². The fourth-order valence-electron chi connectivity index (χ4n) is 4.46. The molecule has 3 heterocycles. The summed E-state index contributed by atoms with van der Waals surface area (Å²) in [7, 11) is 1.64. The Kier molecular flexibility index (Phi) is 6.07. The zero-order chi connectivity index (χ0) is 23.5. The number of ether oxygens (including phenoxy) is 1. The van der Waals surface area contributed by atoms with Gasteiger partial charge in [-0.05, 0) is 36.2 Å². The Labute approximate surface area is 198 Å². The number of methoxy groups -OCH3 is 1. The van der Waals surface area contributed by atoms with Crippen molar-refractivity contribution in [3.63, 3.8) is 0 Å². The number of fused-ring (bicyclic) bond motifs is 1.